The molecule has 0 spiro atoms. The number of dihydropyridines is 1. The molecule has 7 heteroatoms. The van der Waals surface area contributed by atoms with Gasteiger partial charge in [0.2, 0.25) is 5.69 Å². The van der Waals surface area contributed by atoms with Crippen LogP contribution in [0, 0.1) is 12.1 Å². The highest BCUT2D eigenvalue weighted by atomic mass is 16.5. The van der Waals surface area contributed by atoms with Crippen LogP contribution < -0.4 is 10.0 Å². The molecule has 0 saturated heterocycles. The minimum Gasteiger partial charge on any atom is -0.618 e. The standard InChI is InChI=1S/C15H16N2O5/c1-7-5-4-6-10(17(7)22)13-11(14(18)19)8(2)16-9(3)12(13)15(20)21/h4-6,13,16H,1-3H3,(H,18,19)(H,20,21). The van der Waals surface area contributed by atoms with Crippen LogP contribution in [0.25, 0.3) is 0 Å². The molecule has 1 aromatic heterocycles. The fourth-order valence-electron chi connectivity index (χ4n) is 2.70. The molecular formula is C15H16N2O5. The quantitative estimate of drug-likeness (QED) is 0.568. The van der Waals surface area contributed by atoms with Crippen molar-refractivity contribution in [1.29, 1.82) is 0 Å². The molecule has 0 unspecified atom stereocenters. The Bertz CT molecular complexity index is 697. The second kappa shape index (κ2) is 5.51. The topological polar surface area (TPSA) is 114 Å². The Morgan fingerprint density at radius 2 is 1.59 bits per heavy atom. The molecule has 0 aromatic carbocycles. The van der Waals surface area contributed by atoms with Crippen LogP contribution in [0.3, 0.4) is 0 Å². The number of aliphatic carboxylic acids is 2. The zero-order chi connectivity index (χ0) is 16.6. The van der Waals surface area contributed by atoms with Gasteiger partial charge in [-0.3, -0.25) is 0 Å². The van der Waals surface area contributed by atoms with Crippen LogP contribution in [0.15, 0.2) is 40.7 Å². The van der Waals surface area contributed by atoms with Crippen LogP contribution >= 0.6 is 0 Å². The molecule has 0 fully saturated rings. The van der Waals surface area contributed by atoms with Crippen molar-refractivity contribution in [3.8, 4) is 0 Å². The highest BCUT2D eigenvalue weighted by Crippen LogP contribution is 2.36. The van der Waals surface area contributed by atoms with E-state index in [2.05, 4.69) is 5.32 Å². The lowest BCUT2D eigenvalue weighted by Crippen LogP contribution is -2.41. The number of carbonyl (C=O) groups is 2. The molecule has 1 aliphatic heterocycles. The monoisotopic (exact) mass is 304 g/mol. The van der Waals surface area contributed by atoms with E-state index in [1.54, 1.807) is 32.9 Å². The number of carboxylic acid groups (broad SMARTS) is 2. The molecule has 1 aromatic rings. The molecule has 0 aliphatic carbocycles. The van der Waals surface area contributed by atoms with Gasteiger partial charge in [0.05, 0.1) is 11.1 Å². The number of nitrogens with zero attached hydrogens (tertiary/aromatic N) is 1. The number of aryl methyl sites for hydroxylation is 1. The maximum atomic E-state index is 12.3. The van der Waals surface area contributed by atoms with E-state index in [4.69, 9.17) is 0 Å². The minimum atomic E-state index is -1.26. The molecule has 0 bridgehead atoms. The minimum absolute atomic E-state index is 0.0787. The summed E-state index contributed by atoms with van der Waals surface area (Å²) >= 11 is 0. The van der Waals surface area contributed by atoms with E-state index in [-0.39, 0.29) is 16.8 Å². The van der Waals surface area contributed by atoms with Gasteiger partial charge in [-0.25, -0.2) is 9.59 Å². The predicted molar refractivity (Wildman–Crippen MR) is 76.7 cm³/mol. The number of rotatable bonds is 3. The molecular weight excluding hydrogens is 288 g/mol. The van der Waals surface area contributed by atoms with Crippen LogP contribution in [0.4, 0.5) is 0 Å². The van der Waals surface area contributed by atoms with E-state index < -0.39 is 17.9 Å². The van der Waals surface area contributed by atoms with Gasteiger partial charge in [-0.15, -0.1) is 0 Å². The van der Waals surface area contributed by atoms with E-state index in [1.165, 1.54) is 6.07 Å². The van der Waals surface area contributed by atoms with Gasteiger partial charge in [0.15, 0.2) is 5.69 Å². The van der Waals surface area contributed by atoms with Gasteiger partial charge in [0.25, 0.3) is 0 Å². The molecule has 2 rings (SSSR count). The predicted octanol–water partition coefficient (Wildman–Crippen LogP) is 1.03. The van der Waals surface area contributed by atoms with Gasteiger partial charge < -0.3 is 20.7 Å². The maximum Gasteiger partial charge on any atom is 0.334 e. The summed E-state index contributed by atoms with van der Waals surface area (Å²) in [7, 11) is 0. The van der Waals surface area contributed by atoms with Crippen LogP contribution in [-0.4, -0.2) is 22.2 Å². The number of allylic oxidation sites excluding steroid dienone is 2. The summed E-state index contributed by atoms with van der Waals surface area (Å²) in [4.78, 5) is 23.2. The van der Waals surface area contributed by atoms with Crippen molar-refractivity contribution in [1.82, 2.24) is 5.32 Å². The van der Waals surface area contributed by atoms with Crippen LogP contribution in [-0.2, 0) is 9.59 Å². The highest BCUT2D eigenvalue weighted by molar-refractivity contribution is 5.98. The third kappa shape index (κ3) is 2.41. The van der Waals surface area contributed by atoms with E-state index in [9.17, 15) is 25.0 Å². The van der Waals surface area contributed by atoms with Gasteiger partial charge in [-0.05, 0) is 19.9 Å². The number of carboxylic acids is 2. The largest absolute Gasteiger partial charge is 0.618 e. The van der Waals surface area contributed by atoms with Crippen molar-refractivity contribution in [2.75, 3.05) is 0 Å². The van der Waals surface area contributed by atoms with E-state index in [1.807, 2.05) is 0 Å². The summed E-state index contributed by atoms with van der Waals surface area (Å²) in [5.41, 5.74) is 0.801. The van der Waals surface area contributed by atoms with E-state index >= 15 is 0 Å². The Morgan fingerprint density at radius 3 is 2.05 bits per heavy atom. The lowest BCUT2D eigenvalue weighted by atomic mass is 9.82. The van der Waals surface area contributed by atoms with Gasteiger partial charge in [0, 0.05) is 30.5 Å². The Balaban J connectivity index is 2.78. The van der Waals surface area contributed by atoms with Gasteiger partial charge in [0.1, 0.15) is 5.92 Å². The summed E-state index contributed by atoms with van der Waals surface area (Å²) in [6, 6.07) is 4.62. The maximum absolute atomic E-state index is 12.3. The first kappa shape index (κ1) is 15.6. The second-order valence-electron chi connectivity index (χ2n) is 5.13. The summed E-state index contributed by atoms with van der Waals surface area (Å²) in [6.07, 6.45) is 0. The third-order valence-corrected chi connectivity index (χ3v) is 3.68. The van der Waals surface area contributed by atoms with Crippen LogP contribution in [0.1, 0.15) is 31.2 Å². The number of aromatic nitrogens is 1. The normalized spacial score (nSPS) is 15.8. The highest BCUT2D eigenvalue weighted by Gasteiger charge is 2.40. The molecule has 7 nitrogen and oxygen atoms in total. The van der Waals surface area contributed by atoms with Crippen LogP contribution in [0.2, 0.25) is 0 Å². The molecule has 1 aliphatic rings. The third-order valence-electron chi connectivity index (χ3n) is 3.68. The average Bonchev–Trinajstić information content (AvgIpc) is 2.39. The van der Waals surface area contributed by atoms with Gasteiger partial charge >= 0.3 is 11.9 Å². The Hall–Kier alpha value is -2.83. The Morgan fingerprint density at radius 1 is 1.09 bits per heavy atom. The molecule has 2 heterocycles. The summed E-state index contributed by atoms with van der Waals surface area (Å²) < 4.78 is 0.572. The number of pyridine rings is 1. The molecule has 0 atom stereocenters. The van der Waals surface area contributed by atoms with Crippen molar-refractivity contribution in [2.24, 2.45) is 0 Å². The number of hydrogen-bond donors (Lipinski definition) is 3. The fourth-order valence-corrected chi connectivity index (χ4v) is 2.70. The smallest absolute Gasteiger partial charge is 0.334 e. The molecule has 3 N–H and O–H groups in total. The second-order valence-corrected chi connectivity index (χ2v) is 5.13. The Kier molecular flexibility index (Phi) is 3.90. The number of nitrogens with one attached hydrogen (secondary N) is 1. The molecule has 22 heavy (non-hydrogen) atoms. The van der Waals surface area contributed by atoms with Gasteiger partial charge in [-0.2, -0.15) is 4.73 Å². The molecule has 116 valence electrons. The van der Waals surface area contributed by atoms with Crippen molar-refractivity contribution < 1.29 is 24.5 Å². The van der Waals surface area contributed by atoms with Gasteiger partial charge in [-0.1, -0.05) is 0 Å². The average molecular weight is 304 g/mol. The fraction of sp³-hybridized carbons (Fsp3) is 0.267. The van der Waals surface area contributed by atoms with Crippen molar-refractivity contribution in [3.63, 3.8) is 0 Å². The first-order valence-electron chi connectivity index (χ1n) is 6.60. The zero-order valence-corrected chi connectivity index (χ0v) is 12.4. The Labute approximate surface area is 126 Å². The molecule has 0 radical (unpaired) electrons. The summed E-state index contributed by atoms with van der Waals surface area (Å²) in [6.45, 7) is 4.67. The lowest BCUT2D eigenvalue weighted by molar-refractivity contribution is -0.621. The van der Waals surface area contributed by atoms with Crippen molar-refractivity contribution in [2.45, 2.75) is 26.7 Å². The first-order chi connectivity index (χ1) is 10.3. The first-order valence-corrected chi connectivity index (χ1v) is 6.60. The van der Waals surface area contributed by atoms with Crippen molar-refractivity contribution in [3.05, 3.63) is 57.3 Å². The molecule has 0 amide bonds. The lowest BCUT2D eigenvalue weighted by Gasteiger charge is -2.27. The molecule has 0 saturated carbocycles. The summed E-state index contributed by atoms with van der Waals surface area (Å²) in [5.74, 6) is -3.65. The van der Waals surface area contributed by atoms with Crippen LogP contribution in [0.5, 0.6) is 0 Å². The van der Waals surface area contributed by atoms with E-state index in [0.717, 1.165) is 0 Å². The van der Waals surface area contributed by atoms with E-state index in [0.29, 0.717) is 21.8 Å². The SMILES string of the molecule is CC1=C(C(=O)O)C(c2cccc(C)[n+]2[O-])C(C(=O)O)=C(C)N1. The summed E-state index contributed by atoms with van der Waals surface area (Å²) in [5, 5.41) is 34.0. The van der Waals surface area contributed by atoms with Crippen molar-refractivity contribution >= 4 is 11.9 Å². The number of hydrogen-bond acceptors (Lipinski definition) is 4. The zero-order valence-electron chi connectivity index (χ0n) is 12.4.